The number of rotatable bonds is 5. The van der Waals surface area contributed by atoms with Crippen LogP contribution in [0.5, 0.6) is 0 Å². The van der Waals surface area contributed by atoms with Crippen molar-refractivity contribution < 1.29 is 35.1 Å². The molecule has 0 aromatic carbocycles. The number of hydrogen-bond donors (Lipinski definition) is 5. The van der Waals surface area contributed by atoms with Crippen LogP contribution in [0.3, 0.4) is 0 Å². The largest absolute Gasteiger partial charge is 0.479 e. The maximum Gasteiger partial charge on any atom is 0.346 e. The molecule has 5 N–H and O–H groups in total. The van der Waals surface area contributed by atoms with Gasteiger partial charge in [0.05, 0.1) is 6.61 Å². The first kappa shape index (κ1) is 13.0. The highest BCUT2D eigenvalue weighted by Gasteiger charge is 2.51. The second kappa shape index (κ2) is 4.47. The summed E-state index contributed by atoms with van der Waals surface area (Å²) in [5.41, 5.74) is -3.10. The lowest BCUT2D eigenvalue weighted by molar-refractivity contribution is -0.186. The summed E-state index contributed by atoms with van der Waals surface area (Å²) in [7, 11) is 0. The maximum absolute atomic E-state index is 10.8. The first-order valence-electron chi connectivity index (χ1n) is 3.72. The second-order valence-electron chi connectivity index (χ2n) is 2.82. The molecule has 0 aromatic heterocycles. The maximum atomic E-state index is 10.8. The fourth-order valence-electron chi connectivity index (χ4n) is 0.864. The minimum absolute atomic E-state index is 0.751. The number of ketones is 1. The number of aliphatic carboxylic acids is 1. The van der Waals surface area contributed by atoms with Gasteiger partial charge < -0.3 is 25.5 Å². The molecule has 0 heterocycles. The fourth-order valence-corrected chi connectivity index (χ4v) is 0.864. The average molecular weight is 208 g/mol. The van der Waals surface area contributed by atoms with E-state index >= 15 is 0 Å². The van der Waals surface area contributed by atoms with Gasteiger partial charge in [-0.3, -0.25) is 4.79 Å². The Morgan fingerprint density at radius 1 is 1.36 bits per heavy atom. The van der Waals surface area contributed by atoms with Gasteiger partial charge >= 0.3 is 5.97 Å². The zero-order chi connectivity index (χ0) is 11.5. The SMILES string of the molecule is CC(=O)[C@@](O)(C(=O)O)[C@H](O)[C@@H](O)CO. The molecule has 0 rings (SSSR count). The Balaban J connectivity index is 5.02. The predicted octanol–water partition coefficient (Wildman–Crippen LogP) is -2.89. The van der Waals surface area contributed by atoms with Crippen molar-refractivity contribution in [3.8, 4) is 0 Å². The van der Waals surface area contributed by atoms with Crippen LogP contribution in [-0.2, 0) is 9.59 Å². The lowest BCUT2D eigenvalue weighted by Crippen LogP contribution is -2.59. The summed E-state index contributed by atoms with van der Waals surface area (Å²) in [6.07, 6.45) is -4.18. The molecule has 0 amide bonds. The number of Topliss-reactive ketones (excluding diaryl/α,β-unsaturated/α-hetero) is 1. The van der Waals surface area contributed by atoms with Crippen LogP contribution in [0.1, 0.15) is 6.92 Å². The van der Waals surface area contributed by atoms with E-state index in [0.717, 1.165) is 6.92 Å². The van der Waals surface area contributed by atoms with E-state index in [1.807, 2.05) is 0 Å². The molecule has 0 aliphatic rings. The smallest absolute Gasteiger partial charge is 0.346 e. The average Bonchev–Trinajstić information content (AvgIpc) is 2.13. The van der Waals surface area contributed by atoms with Crippen LogP contribution in [0.25, 0.3) is 0 Å². The summed E-state index contributed by atoms with van der Waals surface area (Å²) < 4.78 is 0. The Morgan fingerprint density at radius 3 is 2.00 bits per heavy atom. The van der Waals surface area contributed by atoms with Crippen LogP contribution < -0.4 is 0 Å². The summed E-state index contributed by atoms with van der Waals surface area (Å²) in [4.78, 5) is 21.3. The zero-order valence-corrected chi connectivity index (χ0v) is 7.41. The van der Waals surface area contributed by atoms with E-state index in [2.05, 4.69) is 0 Å². The van der Waals surface area contributed by atoms with Gasteiger partial charge in [0.2, 0.25) is 5.60 Å². The molecule has 0 saturated carbocycles. The topological polar surface area (TPSA) is 135 Å². The molecular formula is C7H12O7. The van der Waals surface area contributed by atoms with Crippen molar-refractivity contribution in [3.05, 3.63) is 0 Å². The summed E-state index contributed by atoms with van der Waals surface area (Å²) >= 11 is 0. The van der Waals surface area contributed by atoms with Crippen molar-refractivity contribution in [2.24, 2.45) is 0 Å². The number of aliphatic hydroxyl groups is 4. The van der Waals surface area contributed by atoms with Crippen LogP contribution >= 0.6 is 0 Å². The fraction of sp³-hybridized carbons (Fsp3) is 0.714. The van der Waals surface area contributed by atoms with Crippen LogP contribution in [0.2, 0.25) is 0 Å². The van der Waals surface area contributed by atoms with Gasteiger partial charge in [0.25, 0.3) is 0 Å². The van der Waals surface area contributed by atoms with Gasteiger partial charge in [-0.25, -0.2) is 4.79 Å². The Bertz CT molecular complexity index is 222. The third-order valence-corrected chi connectivity index (χ3v) is 1.84. The summed E-state index contributed by atoms with van der Waals surface area (Å²) in [5, 5.41) is 44.2. The molecule has 0 aromatic rings. The third-order valence-electron chi connectivity index (χ3n) is 1.84. The van der Waals surface area contributed by atoms with Crippen LogP contribution in [0, 0.1) is 0 Å². The highest BCUT2D eigenvalue weighted by Crippen LogP contribution is 2.16. The molecule has 0 bridgehead atoms. The van der Waals surface area contributed by atoms with Crippen molar-refractivity contribution in [1.29, 1.82) is 0 Å². The highest BCUT2D eigenvalue weighted by molar-refractivity contribution is 6.05. The van der Waals surface area contributed by atoms with Crippen molar-refractivity contribution in [2.45, 2.75) is 24.7 Å². The monoisotopic (exact) mass is 208 g/mol. The molecule has 0 radical (unpaired) electrons. The normalized spacial score (nSPS) is 19.5. The molecule has 3 atom stereocenters. The summed E-state index contributed by atoms with van der Waals surface area (Å²) in [6, 6.07) is 0. The molecule has 0 saturated heterocycles. The van der Waals surface area contributed by atoms with Crippen molar-refractivity contribution in [1.82, 2.24) is 0 Å². The Hall–Kier alpha value is -1.02. The molecule has 0 unspecified atom stereocenters. The molecule has 0 aliphatic carbocycles. The van der Waals surface area contributed by atoms with E-state index in [1.54, 1.807) is 0 Å². The zero-order valence-electron chi connectivity index (χ0n) is 7.41. The van der Waals surface area contributed by atoms with E-state index in [0.29, 0.717) is 0 Å². The lowest BCUT2D eigenvalue weighted by Gasteiger charge is -2.28. The lowest BCUT2D eigenvalue weighted by atomic mass is 9.89. The number of carboxylic acid groups (broad SMARTS) is 1. The first-order valence-corrected chi connectivity index (χ1v) is 3.72. The van der Waals surface area contributed by atoms with E-state index in [1.165, 1.54) is 0 Å². The number of carboxylic acids is 1. The van der Waals surface area contributed by atoms with Crippen molar-refractivity contribution in [2.75, 3.05) is 6.61 Å². The molecule has 0 fully saturated rings. The number of carbonyl (C=O) groups excluding carboxylic acids is 1. The van der Waals surface area contributed by atoms with Gasteiger partial charge in [0, 0.05) is 0 Å². The van der Waals surface area contributed by atoms with Gasteiger partial charge in [0.15, 0.2) is 5.78 Å². The number of carbonyl (C=O) groups is 2. The van der Waals surface area contributed by atoms with Crippen LogP contribution in [-0.4, -0.2) is 61.7 Å². The molecule has 7 heteroatoms. The minimum Gasteiger partial charge on any atom is -0.479 e. The highest BCUT2D eigenvalue weighted by atomic mass is 16.4. The second-order valence-corrected chi connectivity index (χ2v) is 2.82. The van der Waals surface area contributed by atoms with E-state index in [-0.39, 0.29) is 0 Å². The summed E-state index contributed by atoms with van der Waals surface area (Å²) in [6.45, 7) is -0.217. The third kappa shape index (κ3) is 2.07. The quantitative estimate of drug-likeness (QED) is 0.306. The number of aliphatic hydroxyl groups excluding tert-OH is 3. The standard InChI is InChI=1S/C7H12O7/c1-3(9)7(14,6(12)13)5(11)4(10)2-8/h4-5,8,10-11,14H,2H2,1H3,(H,12,13)/t4-,5+,7-/m0/s1. The van der Waals surface area contributed by atoms with Gasteiger partial charge in [-0.1, -0.05) is 0 Å². The van der Waals surface area contributed by atoms with E-state index in [9.17, 15) is 14.7 Å². The molecule has 0 spiro atoms. The van der Waals surface area contributed by atoms with E-state index in [4.69, 9.17) is 20.4 Å². The Labute approximate surface area is 79.2 Å². The van der Waals surface area contributed by atoms with Crippen molar-refractivity contribution in [3.63, 3.8) is 0 Å². The van der Waals surface area contributed by atoms with Crippen molar-refractivity contribution >= 4 is 11.8 Å². The number of hydrogen-bond acceptors (Lipinski definition) is 6. The molecule has 14 heavy (non-hydrogen) atoms. The molecular weight excluding hydrogens is 196 g/mol. The van der Waals surface area contributed by atoms with Gasteiger partial charge in [0.1, 0.15) is 12.2 Å². The first-order chi connectivity index (χ1) is 6.28. The van der Waals surface area contributed by atoms with E-state index < -0.39 is 36.2 Å². The van der Waals surface area contributed by atoms with Gasteiger partial charge in [-0.15, -0.1) is 0 Å². The predicted molar refractivity (Wildman–Crippen MR) is 42.4 cm³/mol. The van der Waals surface area contributed by atoms with Gasteiger partial charge in [-0.2, -0.15) is 0 Å². The molecule has 7 nitrogen and oxygen atoms in total. The van der Waals surface area contributed by atoms with Crippen LogP contribution in [0.15, 0.2) is 0 Å². The Kier molecular flexibility index (Phi) is 4.14. The summed E-state index contributed by atoms with van der Waals surface area (Å²) in [5.74, 6) is -3.21. The minimum atomic E-state index is -3.10. The van der Waals surface area contributed by atoms with Gasteiger partial charge in [-0.05, 0) is 6.92 Å². The Morgan fingerprint density at radius 2 is 1.79 bits per heavy atom. The molecule has 82 valence electrons. The van der Waals surface area contributed by atoms with Crippen LogP contribution in [0.4, 0.5) is 0 Å². The molecule has 0 aliphatic heterocycles.